The molecule has 21 heavy (non-hydrogen) atoms. The van der Waals surface area contributed by atoms with Crippen LogP contribution in [0.1, 0.15) is 5.56 Å². The number of rotatable bonds is 4. The summed E-state index contributed by atoms with van der Waals surface area (Å²) in [5, 5.41) is 13.9. The number of benzene rings is 2. The molecule has 2 aromatic carbocycles. The van der Waals surface area contributed by atoms with E-state index < -0.39 is 4.92 Å². The summed E-state index contributed by atoms with van der Waals surface area (Å²) in [6.07, 6.45) is 0.150. The van der Waals surface area contributed by atoms with Crippen molar-refractivity contribution >= 4 is 51.5 Å². The van der Waals surface area contributed by atoms with E-state index in [4.69, 9.17) is 11.6 Å². The van der Waals surface area contributed by atoms with Crippen LogP contribution in [-0.4, -0.2) is 10.8 Å². The molecule has 0 aromatic heterocycles. The molecular formula is C14H10ClIN2O3. The molecule has 0 heterocycles. The molecule has 2 aromatic rings. The maximum Gasteiger partial charge on any atom is 0.269 e. The number of nitrogens with one attached hydrogen (secondary N) is 1. The van der Waals surface area contributed by atoms with Crippen molar-refractivity contribution in [2.24, 2.45) is 0 Å². The highest BCUT2D eigenvalue weighted by atomic mass is 127. The Labute approximate surface area is 139 Å². The first kappa shape index (κ1) is 15.7. The third-order valence-corrected chi connectivity index (χ3v) is 3.84. The monoisotopic (exact) mass is 416 g/mol. The van der Waals surface area contributed by atoms with Gasteiger partial charge in [0.15, 0.2) is 0 Å². The summed E-state index contributed by atoms with van der Waals surface area (Å²) in [6.45, 7) is 0. The maximum atomic E-state index is 12.0. The van der Waals surface area contributed by atoms with Crippen LogP contribution in [-0.2, 0) is 11.2 Å². The van der Waals surface area contributed by atoms with Crippen LogP contribution in [0.3, 0.4) is 0 Å². The van der Waals surface area contributed by atoms with E-state index in [0.29, 0.717) is 16.3 Å². The lowest BCUT2D eigenvalue weighted by atomic mass is 10.1. The number of hydrogen-bond acceptors (Lipinski definition) is 3. The highest BCUT2D eigenvalue weighted by molar-refractivity contribution is 14.1. The average molecular weight is 417 g/mol. The van der Waals surface area contributed by atoms with Gasteiger partial charge in [0.05, 0.1) is 17.0 Å². The standard InChI is InChI=1S/C14H10ClIN2O3/c15-10-3-6-13(12(16)8-10)17-14(19)7-9-1-4-11(5-2-9)18(20)21/h1-6,8H,7H2,(H,17,19). The van der Waals surface area contributed by atoms with E-state index in [1.54, 1.807) is 30.3 Å². The Hall–Kier alpha value is -1.67. The quantitative estimate of drug-likeness (QED) is 0.465. The number of non-ortho nitro benzene ring substituents is 1. The smallest absolute Gasteiger partial charge is 0.269 e. The molecule has 0 aliphatic rings. The molecule has 108 valence electrons. The van der Waals surface area contributed by atoms with Gasteiger partial charge in [0.25, 0.3) is 5.69 Å². The van der Waals surface area contributed by atoms with E-state index in [9.17, 15) is 14.9 Å². The van der Waals surface area contributed by atoms with Gasteiger partial charge in [0.1, 0.15) is 0 Å². The molecule has 0 unspecified atom stereocenters. The summed E-state index contributed by atoms with van der Waals surface area (Å²) >= 11 is 7.94. The minimum absolute atomic E-state index is 0.00593. The summed E-state index contributed by atoms with van der Waals surface area (Å²) in [5.74, 6) is -0.191. The molecular weight excluding hydrogens is 407 g/mol. The van der Waals surface area contributed by atoms with Gasteiger partial charge in [0, 0.05) is 20.7 Å². The summed E-state index contributed by atoms with van der Waals surface area (Å²) < 4.78 is 0.845. The number of amides is 1. The van der Waals surface area contributed by atoms with Crippen molar-refractivity contribution in [3.05, 3.63) is 66.7 Å². The second kappa shape index (κ2) is 6.86. The zero-order valence-electron chi connectivity index (χ0n) is 10.7. The average Bonchev–Trinajstić information content (AvgIpc) is 2.42. The van der Waals surface area contributed by atoms with Crippen molar-refractivity contribution in [2.75, 3.05) is 5.32 Å². The molecule has 1 N–H and O–H groups in total. The molecule has 0 aliphatic carbocycles. The number of nitro benzene ring substituents is 1. The van der Waals surface area contributed by atoms with E-state index in [0.717, 1.165) is 3.57 Å². The van der Waals surface area contributed by atoms with Crippen molar-refractivity contribution in [3.8, 4) is 0 Å². The first-order valence-electron chi connectivity index (χ1n) is 5.94. The van der Waals surface area contributed by atoms with Crippen LogP contribution in [0, 0.1) is 13.7 Å². The number of nitrogens with zero attached hydrogens (tertiary/aromatic N) is 1. The number of nitro groups is 1. The number of carbonyl (C=O) groups is 1. The molecule has 0 saturated heterocycles. The van der Waals surface area contributed by atoms with Gasteiger partial charge >= 0.3 is 0 Å². The number of halogens is 2. The Balaban J connectivity index is 2.02. The van der Waals surface area contributed by atoms with E-state index in [2.05, 4.69) is 27.9 Å². The fourth-order valence-electron chi connectivity index (χ4n) is 1.71. The van der Waals surface area contributed by atoms with Gasteiger partial charge in [-0.1, -0.05) is 23.7 Å². The fraction of sp³-hybridized carbons (Fsp3) is 0.0714. The van der Waals surface area contributed by atoms with Crippen LogP contribution >= 0.6 is 34.2 Å². The van der Waals surface area contributed by atoms with Crippen LogP contribution < -0.4 is 5.32 Å². The van der Waals surface area contributed by atoms with Crippen LogP contribution in [0.15, 0.2) is 42.5 Å². The summed E-state index contributed by atoms with van der Waals surface area (Å²) in [7, 11) is 0. The van der Waals surface area contributed by atoms with Crippen molar-refractivity contribution < 1.29 is 9.72 Å². The molecule has 5 nitrogen and oxygen atoms in total. The lowest BCUT2D eigenvalue weighted by molar-refractivity contribution is -0.384. The molecule has 2 rings (SSSR count). The first-order chi connectivity index (χ1) is 9.95. The van der Waals surface area contributed by atoms with Crippen LogP contribution in [0.5, 0.6) is 0 Å². The lowest BCUT2D eigenvalue weighted by Crippen LogP contribution is -2.15. The minimum atomic E-state index is -0.472. The molecule has 0 saturated carbocycles. The van der Waals surface area contributed by atoms with Gasteiger partial charge in [-0.25, -0.2) is 0 Å². The lowest BCUT2D eigenvalue weighted by Gasteiger charge is -2.07. The number of hydrogen-bond donors (Lipinski definition) is 1. The zero-order chi connectivity index (χ0) is 15.4. The maximum absolute atomic E-state index is 12.0. The van der Waals surface area contributed by atoms with Gasteiger partial charge in [-0.05, 0) is 46.4 Å². The Morgan fingerprint density at radius 1 is 1.24 bits per heavy atom. The summed E-state index contributed by atoms with van der Waals surface area (Å²) in [5.41, 5.74) is 1.40. The molecule has 0 spiro atoms. The van der Waals surface area contributed by atoms with E-state index in [1.165, 1.54) is 12.1 Å². The van der Waals surface area contributed by atoms with E-state index in [1.807, 2.05) is 0 Å². The van der Waals surface area contributed by atoms with Gasteiger partial charge < -0.3 is 5.32 Å². The minimum Gasteiger partial charge on any atom is -0.325 e. The third kappa shape index (κ3) is 4.40. The molecule has 0 fully saturated rings. The molecule has 0 aliphatic heterocycles. The predicted molar refractivity (Wildman–Crippen MR) is 89.6 cm³/mol. The summed E-state index contributed by atoms with van der Waals surface area (Å²) in [6, 6.07) is 11.1. The van der Waals surface area contributed by atoms with Crippen molar-refractivity contribution in [1.82, 2.24) is 0 Å². The molecule has 1 amide bonds. The van der Waals surface area contributed by atoms with Crippen molar-refractivity contribution in [3.63, 3.8) is 0 Å². The Morgan fingerprint density at radius 3 is 2.48 bits per heavy atom. The van der Waals surface area contributed by atoms with Gasteiger partial charge in [-0.2, -0.15) is 0 Å². The molecule has 0 radical (unpaired) electrons. The Morgan fingerprint density at radius 2 is 1.90 bits per heavy atom. The van der Waals surface area contributed by atoms with Gasteiger partial charge in [-0.3, -0.25) is 14.9 Å². The Kier molecular flexibility index (Phi) is 5.13. The second-order valence-electron chi connectivity index (χ2n) is 4.27. The fourth-order valence-corrected chi connectivity index (χ4v) is 2.71. The molecule has 0 atom stereocenters. The van der Waals surface area contributed by atoms with Crippen molar-refractivity contribution in [2.45, 2.75) is 6.42 Å². The largest absolute Gasteiger partial charge is 0.325 e. The van der Waals surface area contributed by atoms with E-state index >= 15 is 0 Å². The van der Waals surface area contributed by atoms with Crippen LogP contribution in [0.25, 0.3) is 0 Å². The van der Waals surface area contributed by atoms with Crippen LogP contribution in [0.2, 0.25) is 5.02 Å². The second-order valence-corrected chi connectivity index (χ2v) is 5.87. The Bertz CT molecular complexity index is 689. The summed E-state index contributed by atoms with van der Waals surface area (Å²) in [4.78, 5) is 22.0. The third-order valence-electron chi connectivity index (χ3n) is 2.72. The van der Waals surface area contributed by atoms with Gasteiger partial charge in [0.2, 0.25) is 5.91 Å². The number of carbonyl (C=O) groups excluding carboxylic acids is 1. The van der Waals surface area contributed by atoms with E-state index in [-0.39, 0.29) is 18.0 Å². The topological polar surface area (TPSA) is 72.2 Å². The highest BCUT2D eigenvalue weighted by Crippen LogP contribution is 2.22. The van der Waals surface area contributed by atoms with Gasteiger partial charge in [-0.15, -0.1) is 0 Å². The molecule has 0 bridgehead atoms. The molecule has 7 heteroatoms. The van der Waals surface area contributed by atoms with Crippen molar-refractivity contribution in [1.29, 1.82) is 0 Å². The SMILES string of the molecule is O=C(Cc1ccc([N+](=O)[O-])cc1)Nc1ccc(Cl)cc1I. The first-order valence-corrected chi connectivity index (χ1v) is 7.39. The zero-order valence-corrected chi connectivity index (χ0v) is 13.6. The predicted octanol–water partition coefficient (Wildman–Crippen LogP) is 4.03. The number of anilines is 1. The van der Waals surface area contributed by atoms with Crippen LogP contribution in [0.4, 0.5) is 11.4 Å². The highest BCUT2D eigenvalue weighted by Gasteiger charge is 2.09. The normalized spacial score (nSPS) is 10.2.